The Hall–Kier alpha value is -0.870. The number of hydrogen-bond donors (Lipinski definition) is 1. The van der Waals surface area contributed by atoms with Crippen LogP contribution in [-0.4, -0.2) is 45.8 Å². The molecule has 0 saturated carbocycles. The first kappa shape index (κ1) is 12.6. The number of rotatable bonds is 6. The van der Waals surface area contributed by atoms with Gasteiger partial charge in [0.25, 0.3) is 0 Å². The third kappa shape index (κ3) is 4.13. The van der Waals surface area contributed by atoms with Crippen molar-refractivity contribution in [1.29, 1.82) is 0 Å². The lowest BCUT2D eigenvalue weighted by Crippen LogP contribution is -2.36. The van der Waals surface area contributed by atoms with E-state index in [9.17, 15) is 0 Å². The van der Waals surface area contributed by atoms with Crippen LogP contribution in [0.25, 0.3) is 0 Å². The van der Waals surface area contributed by atoms with Crippen molar-refractivity contribution >= 4 is 0 Å². The van der Waals surface area contributed by atoms with E-state index in [-0.39, 0.29) is 0 Å². The van der Waals surface area contributed by atoms with E-state index in [0.29, 0.717) is 12.5 Å². The van der Waals surface area contributed by atoms with Crippen LogP contribution in [0.5, 0.6) is 0 Å². The van der Waals surface area contributed by atoms with Crippen molar-refractivity contribution in [3.8, 4) is 0 Å². The van der Waals surface area contributed by atoms with Crippen molar-refractivity contribution in [2.75, 3.05) is 26.2 Å². The predicted octanol–water partition coefficient (Wildman–Crippen LogP) is 1.37. The highest BCUT2D eigenvalue weighted by Gasteiger charge is 2.18. The van der Waals surface area contributed by atoms with Crippen molar-refractivity contribution in [3.63, 3.8) is 0 Å². The highest BCUT2D eigenvalue weighted by Crippen LogP contribution is 2.19. The van der Waals surface area contributed by atoms with Crippen molar-refractivity contribution in [2.45, 2.75) is 32.2 Å². The van der Waals surface area contributed by atoms with Gasteiger partial charge in [0.2, 0.25) is 0 Å². The zero-order chi connectivity index (χ0) is 11.9. The van der Waals surface area contributed by atoms with Gasteiger partial charge in [0.05, 0.1) is 6.33 Å². The van der Waals surface area contributed by atoms with E-state index in [4.69, 9.17) is 5.11 Å². The fourth-order valence-corrected chi connectivity index (χ4v) is 2.67. The van der Waals surface area contributed by atoms with Crippen molar-refractivity contribution in [3.05, 3.63) is 18.7 Å². The Morgan fingerprint density at radius 2 is 2.29 bits per heavy atom. The average molecular weight is 237 g/mol. The summed E-state index contributed by atoms with van der Waals surface area (Å²) in [6.07, 6.45) is 10.5. The van der Waals surface area contributed by atoms with E-state index in [1.165, 1.54) is 38.9 Å². The van der Waals surface area contributed by atoms with Crippen LogP contribution >= 0.6 is 0 Å². The van der Waals surface area contributed by atoms with E-state index in [0.717, 1.165) is 13.0 Å². The van der Waals surface area contributed by atoms with Crippen molar-refractivity contribution in [2.24, 2.45) is 5.92 Å². The maximum Gasteiger partial charge on any atom is 0.0945 e. The molecule has 0 bridgehead atoms. The highest BCUT2D eigenvalue weighted by atomic mass is 16.3. The lowest BCUT2D eigenvalue weighted by atomic mass is 9.95. The second-order valence-electron chi connectivity index (χ2n) is 4.98. The maximum atomic E-state index is 8.98. The lowest BCUT2D eigenvalue weighted by Gasteiger charge is -2.32. The van der Waals surface area contributed by atoms with E-state index in [2.05, 4.69) is 14.5 Å². The van der Waals surface area contributed by atoms with Gasteiger partial charge in [-0.3, -0.25) is 0 Å². The van der Waals surface area contributed by atoms with Gasteiger partial charge in [-0.1, -0.05) is 0 Å². The molecule has 1 fully saturated rings. The minimum absolute atomic E-state index is 0.341. The van der Waals surface area contributed by atoms with Gasteiger partial charge < -0.3 is 14.6 Å². The second-order valence-corrected chi connectivity index (χ2v) is 4.98. The molecular formula is C13H23N3O. The van der Waals surface area contributed by atoms with Gasteiger partial charge >= 0.3 is 0 Å². The first-order chi connectivity index (χ1) is 8.38. The van der Waals surface area contributed by atoms with Crippen LogP contribution in [0.3, 0.4) is 0 Å². The van der Waals surface area contributed by atoms with Crippen LogP contribution in [0.4, 0.5) is 0 Å². The number of hydrogen-bond acceptors (Lipinski definition) is 3. The molecule has 1 aromatic heterocycles. The summed E-state index contributed by atoms with van der Waals surface area (Å²) in [5.74, 6) is 0.710. The summed E-state index contributed by atoms with van der Waals surface area (Å²) in [5, 5.41) is 8.98. The van der Waals surface area contributed by atoms with Crippen LogP contribution in [0.2, 0.25) is 0 Å². The minimum Gasteiger partial charge on any atom is -0.396 e. The highest BCUT2D eigenvalue weighted by molar-refractivity contribution is 4.75. The average Bonchev–Trinajstić information content (AvgIpc) is 2.83. The molecule has 1 aromatic rings. The summed E-state index contributed by atoms with van der Waals surface area (Å²) in [7, 11) is 0. The number of aryl methyl sites for hydroxylation is 1. The first-order valence-corrected chi connectivity index (χ1v) is 6.67. The molecular weight excluding hydrogens is 214 g/mol. The molecule has 1 N–H and O–H groups in total. The van der Waals surface area contributed by atoms with Crippen LogP contribution < -0.4 is 0 Å². The van der Waals surface area contributed by atoms with Crippen LogP contribution in [-0.2, 0) is 6.54 Å². The SMILES string of the molecule is OCCC1CCCN(CCCn2ccnc2)C1. The molecule has 1 atom stereocenters. The monoisotopic (exact) mass is 237 g/mol. The van der Waals surface area contributed by atoms with Gasteiger partial charge in [-0.15, -0.1) is 0 Å². The number of imidazole rings is 1. The summed E-state index contributed by atoms with van der Waals surface area (Å²) < 4.78 is 2.13. The first-order valence-electron chi connectivity index (χ1n) is 6.67. The maximum absolute atomic E-state index is 8.98. The third-order valence-electron chi connectivity index (χ3n) is 3.59. The van der Waals surface area contributed by atoms with Crippen LogP contribution in [0.15, 0.2) is 18.7 Å². The molecule has 4 nitrogen and oxygen atoms in total. The number of nitrogens with zero attached hydrogens (tertiary/aromatic N) is 3. The number of aliphatic hydroxyl groups excluding tert-OH is 1. The van der Waals surface area contributed by atoms with E-state index >= 15 is 0 Å². The fraction of sp³-hybridized carbons (Fsp3) is 0.769. The zero-order valence-corrected chi connectivity index (χ0v) is 10.5. The van der Waals surface area contributed by atoms with E-state index in [1.807, 2.05) is 18.7 Å². The lowest BCUT2D eigenvalue weighted by molar-refractivity contribution is 0.145. The molecule has 1 aliphatic rings. The predicted molar refractivity (Wildman–Crippen MR) is 67.7 cm³/mol. The Balaban J connectivity index is 1.65. The number of aromatic nitrogens is 2. The summed E-state index contributed by atoms with van der Waals surface area (Å²) in [6.45, 7) is 4.96. The smallest absolute Gasteiger partial charge is 0.0945 e. The Bertz CT molecular complexity index is 298. The minimum atomic E-state index is 0.341. The summed E-state index contributed by atoms with van der Waals surface area (Å²) in [6, 6.07) is 0. The van der Waals surface area contributed by atoms with Gasteiger partial charge in [0.15, 0.2) is 0 Å². The molecule has 1 aliphatic heterocycles. The number of piperidine rings is 1. The molecule has 1 unspecified atom stereocenters. The molecule has 0 aliphatic carbocycles. The Labute approximate surface area is 103 Å². The van der Waals surface area contributed by atoms with Gasteiger partial charge in [-0.2, -0.15) is 0 Å². The largest absolute Gasteiger partial charge is 0.396 e. The topological polar surface area (TPSA) is 41.3 Å². The Morgan fingerprint density at radius 1 is 1.35 bits per heavy atom. The second kappa shape index (κ2) is 6.77. The molecule has 4 heteroatoms. The number of aliphatic hydroxyl groups is 1. The normalized spacial score (nSPS) is 21.8. The molecule has 2 heterocycles. The molecule has 2 rings (SSSR count). The molecule has 96 valence electrons. The molecule has 17 heavy (non-hydrogen) atoms. The fourth-order valence-electron chi connectivity index (χ4n) is 2.67. The van der Waals surface area contributed by atoms with Crippen molar-refractivity contribution in [1.82, 2.24) is 14.5 Å². The van der Waals surface area contributed by atoms with Gasteiger partial charge in [0.1, 0.15) is 0 Å². The Kier molecular flexibility index (Phi) is 5.01. The molecule has 0 spiro atoms. The van der Waals surface area contributed by atoms with E-state index < -0.39 is 0 Å². The third-order valence-corrected chi connectivity index (χ3v) is 3.59. The van der Waals surface area contributed by atoms with Gasteiger partial charge in [0, 0.05) is 32.1 Å². The van der Waals surface area contributed by atoms with Gasteiger partial charge in [-0.25, -0.2) is 4.98 Å². The molecule has 0 amide bonds. The standard InChI is InChI=1S/C13H23N3O/c17-10-4-13-3-1-6-15(11-13)7-2-8-16-9-5-14-12-16/h5,9,12-13,17H,1-4,6-8,10-11H2. The quantitative estimate of drug-likeness (QED) is 0.812. The molecule has 1 saturated heterocycles. The summed E-state index contributed by atoms with van der Waals surface area (Å²) >= 11 is 0. The number of likely N-dealkylation sites (tertiary alicyclic amines) is 1. The van der Waals surface area contributed by atoms with E-state index in [1.54, 1.807) is 0 Å². The summed E-state index contributed by atoms with van der Waals surface area (Å²) in [4.78, 5) is 6.59. The van der Waals surface area contributed by atoms with Crippen LogP contribution in [0.1, 0.15) is 25.7 Å². The molecule has 0 aromatic carbocycles. The van der Waals surface area contributed by atoms with Crippen molar-refractivity contribution < 1.29 is 5.11 Å². The van der Waals surface area contributed by atoms with Crippen LogP contribution in [0, 0.1) is 5.92 Å². The Morgan fingerprint density at radius 3 is 3.06 bits per heavy atom. The zero-order valence-electron chi connectivity index (χ0n) is 10.5. The van der Waals surface area contributed by atoms with Gasteiger partial charge in [-0.05, 0) is 44.7 Å². The summed E-state index contributed by atoms with van der Waals surface area (Å²) in [5.41, 5.74) is 0. The molecule has 0 radical (unpaired) electrons.